The summed E-state index contributed by atoms with van der Waals surface area (Å²) in [4.78, 5) is 16.7. The second-order valence-electron chi connectivity index (χ2n) is 6.32. The Hall–Kier alpha value is -2.86. The van der Waals surface area contributed by atoms with Gasteiger partial charge in [0.2, 0.25) is 5.91 Å². The number of hydrogen-bond acceptors (Lipinski definition) is 5. The molecule has 0 aliphatic carbocycles. The molecule has 0 saturated heterocycles. The number of thiazole rings is 1. The predicted molar refractivity (Wildman–Crippen MR) is 112 cm³/mol. The molecule has 0 radical (unpaired) electrons. The minimum atomic E-state index is 0.0547. The van der Waals surface area contributed by atoms with Crippen LogP contribution in [0.5, 0.6) is 11.5 Å². The zero-order chi connectivity index (χ0) is 19.8. The number of hydrogen-bond donors (Lipinski definition) is 1. The molecule has 0 aliphatic rings. The smallest absolute Gasteiger partial charge is 0.220 e. The normalized spacial score (nSPS) is 10.5. The Morgan fingerprint density at radius 1 is 1.04 bits per heavy atom. The lowest BCUT2D eigenvalue weighted by Crippen LogP contribution is -2.25. The van der Waals surface area contributed by atoms with Crippen molar-refractivity contribution in [1.29, 1.82) is 0 Å². The molecule has 0 aliphatic heterocycles. The van der Waals surface area contributed by atoms with E-state index in [2.05, 4.69) is 10.3 Å². The van der Waals surface area contributed by atoms with E-state index in [4.69, 9.17) is 9.47 Å². The third kappa shape index (κ3) is 5.57. The molecule has 1 N–H and O–H groups in total. The molecule has 28 heavy (non-hydrogen) atoms. The Kier molecular flexibility index (Phi) is 7.03. The summed E-state index contributed by atoms with van der Waals surface area (Å²) in [7, 11) is 3.30. The fourth-order valence-electron chi connectivity index (χ4n) is 2.78. The van der Waals surface area contributed by atoms with Crippen LogP contribution in [0, 0.1) is 0 Å². The Morgan fingerprint density at radius 3 is 2.57 bits per heavy atom. The van der Waals surface area contributed by atoms with Crippen molar-refractivity contribution in [2.45, 2.75) is 19.3 Å². The molecule has 0 bridgehead atoms. The van der Waals surface area contributed by atoms with E-state index in [1.165, 1.54) is 0 Å². The molecule has 146 valence electrons. The van der Waals surface area contributed by atoms with E-state index in [9.17, 15) is 4.79 Å². The summed E-state index contributed by atoms with van der Waals surface area (Å²) in [6.45, 7) is 0.586. The molecule has 3 rings (SSSR count). The number of nitrogens with zero attached hydrogens (tertiary/aromatic N) is 1. The van der Waals surface area contributed by atoms with E-state index in [-0.39, 0.29) is 5.91 Å². The number of rotatable bonds is 9. The second-order valence-corrected chi connectivity index (χ2v) is 7.18. The van der Waals surface area contributed by atoms with Gasteiger partial charge in [0.15, 0.2) is 0 Å². The number of aromatic nitrogens is 1. The van der Waals surface area contributed by atoms with Crippen molar-refractivity contribution in [1.82, 2.24) is 10.3 Å². The van der Waals surface area contributed by atoms with Gasteiger partial charge in [-0.25, -0.2) is 4.98 Å². The zero-order valence-electron chi connectivity index (χ0n) is 16.1. The van der Waals surface area contributed by atoms with Crippen LogP contribution >= 0.6 is 11.3 Å². The molecule has 1 amide bonds. The highest BCUT2D eigenvalue weighted by atomic mass is 32.1. The number of aryl methyl sites for hydroxylation is 1. The van der Waals surface area contributed by atoms with Crippen LogP contribution in [0.3, 0.4) is 0 Å². The highest BCUT2D eigenvalue weighted by molar-refractivity contribution is 7.13. The Labute approximate surface area is 169 Å². The molecule has 2 aromatic carbocycles. The van der Waals surface area contributed by atoms with Gasteiger partial charge in [-0.15, -0.1) is 11.3 Å². The van der Waals surface area contributed by atoms with Gasteiger partial charge >= 0.3 is 0 Å². The largest absolute Gasteiger partial charge is 0.497 e. The third-order valence-electron chi connectivity index (χ3n) is 4.37. The Balaban J connectivity index is 1.43. The van der Waals surface area contributed by atoms with E-state index < -0.39 is 0 Å². The first kappa shape index (κ1) is 19.9. The molecule has 1 aromatic heterocycles. The fraction of sp³-hybridized carbons (Fsp3) is 0.273. The van der Waals surface area contributed by atoms with Gasteiger partial charge < -0.3 is 14.8 Å². The van der Waals surface area contributed by atoms with Crippen LogP contribution < -0.4 is 14.8 Å². The standard InChI is InChI=1S/C22H24N2O3S/c1-26-19-9-6-16(7-10-19)8-11-21(25)23-13-12-18-15-28-22(24-18)17-4-3-5-20(14-17)27-2/h3-7,9-10,14-15H,8,11-13H2,1-2H3,(H,23,25). The number of carbonyl (C=O) groups excluding carboxylic acids is 1. The average Bonchev–Trinajstić information content (AvgIpc) is 3.21. The Bertz CT molecular complexity index is 906. The van der Waals surface area contributed by atoms with E-state index in [1.807, 2.05) is 53.9 Å². The van der Waals surface area contributed by atoms with Crippen molar-refractivity contribution < 1.29 is 14.3 Å². The molecule has 5 nitrogen and oxygen atoms in total. The maximum absolute atomic E-state index is 12.1. The van der Waals surface area contributed by atoms with Gasteiger partial charge in [-0.05, 0) is 36.2 Å². The van der Waals surface area contributed by atoms with Crippen LogP contribution in [-0.4, -0.2) is 31.7 Å². The van der Waals surface area contributed by atoms with Gasteiger partial charge in [0, 0.05) is 30.3 Å². The number of nitrogens with one attached hydrogen (secondary N) is 1. The van der Waals surface area contributed by atoms with Crippen LogP contribution in [-0.2, 0) is 17.6 Å². The predicted octanol–water partition coefficient (Wildman–Crippen LogP) is 4.12. The summed E-state index contributed by atoms with van der Waals surface area (Å²) in [6.07, 6.45) is 1.90. The van der Waals surface area contributed by atoms with E-state index in [1.54, 1.807) is 25.6 Å². The fourth-order valence-corrected chi connectivity index (χ4v) is 3.63. The van der Waals surface area contributed by atoms with Crippen molar-refractivity contribution in [2.24, 2.45) is 0 Å². The lowest BCUT2D eigenvalue weighted by atomic mass is 10.1. The minimum Gasteiger partial charge on any atom is -0.497 e. The van der Waals surface area contributed by atoms with Crippen LogP contribution in [0.2, 0.25) is 0 Å². The molecular formula is C22H24N2O3S. The summed E-state index contributed by atoms with van der Waals surface area (Å²) in [6, 6.07) is 15.7. The number of amides is 1. The average molecular weight is 397 g/mol. The first-order valence-corrected chi connectivity index (χ1v) is 10.0. The number of methoxy groups -OCH3 is 2. The first-order valence-electron chi connectivity index (χ1n) is 9.16. The number of carbonyl (C=O) groups is 1. The summed E-state index contributed by atoms with van der Waals surface area (Å²) >= 11 is 1.60. The molecule has 0 fully saturated rings. The monoisotopic (exact) mass is 396 g/mol. The number of benzene rings is 2. The van der Waals surface area contributed by atoms with Gasteiger partial charge in [0.1, 0.15) is 16.5 Å². The molecular weight excluding hydrogens is 372 g/mol. The van der Waals surface area contributed by atoms with Crippen LogP contribution in [0.15, 0.2) is 53.9 Å². The topological polar surface area (TPSA) is 60.5 Å². The SMILES string of the molecule is COc1ccc(CCC(=O)NCCc2csc(-c3cccc(OC)c3)n2)cc1. The molecule has 0 spiro atoms. The quantitative estimate of drug-likeness (QED) is 0.591. The first-order chi connectivity index (χ1) is 13.7. The lowest BCUT2D eigenvalue weighted by molar-refractivity contribution is -0.121. The molecule has 6 heteroatoms. The van der Waals surface area contributed by atoms with Crippen molar-refractivity contribution in [3.05, 3.63) is 65.2 Å². The second kappa shape index (κ2) is 9.90. The van der Waals surface area contributed by atoms with Gasteiger partial charge in [-0.3, -0.25) is 4.79 Å². The molecule has 0 unspecified atom stereocenters. The summed E-state index contributed by atoms with van der Waals surface area (Å²) in [5.74, 6) is 1.70. The highest BCUT2D eigenvalue weighted by Crippen LogP contribution is 2.26. The van der Waals surface area contributed by atoms with Crippen LogP contribution in [0.1, 0.15) is 17.7 Å². The van der Waals surface area contributed by atoms with E-state index in [0.717, 1.165) is 39.7 Å². The molecule has 0 saturated carbocycles. The summed E-state index contributed by atoms with van der Waals surface area (Å²) < 4.78 is 10.4. The van der Waals surface area contributed by atoms with Gasteiger partial charge in [0.25, 0.3) is 0 Å². The molecule has 0 atom stereocenters. The van der Waals surface area contributed by atoms with Gasteiger partial charge in [-0.1, -0.05) is 24.3 Å². The van der Waals surface area contributed by atoms with Crippen molar-refractivity contribution in [3.8, 4) is 22.1 Å². The number of ether oxygens (including phenoxy) is 2. The van der Waals surface area contributed by atoms with Crippen LogP contribution in [0.25, 0.3) is 10.6 Å². The van der Waals surface area contributed by atoms with Crippen molar-refractivity contribution in [3.63, 3.8) is 0 Å². The maximum atomic E-state index is 12.1. The molecule has 3 aromatic rings. The summed E-state index contributed by atoms with van der Waals surface area (Å²) in [5, 5.41) is 5.97. The van der Waals surface area contributed by atoms with E-state index >= 15 is 0 Å². The zero-order valence-corrected chi connectivity index (χ0v) is 16.9. The van der Waals surface area contributed by atoms with Crippen molar-refractivity contribution >= 4 is 17.2 Å². The van der Waals surface area contributed by atoms with Gasteiger partial charge in [0.05, 0.1) is 19.9 Å². The van der Waals surface area contributed by atoms with E-state index in [0.29, 0.717) is 19.4 Å². The third-order valence-corrected chi connectivity index (χ3v) is 5.31. The van der Waals surface area contributed by atoms with Crippen LogP contribution in [0.4, 0.5) is 0 Å². The maximum Gasteiger partial charge on any atom is 0.220 e. The minimum absolute atomic E-state index is 0.0547. The highest BCUT2D eigenvalue weighted by Gasteiger charge is 2.07. The van der Waals surface area contributed by atoms with Crippen molar-refractivity contribution in [2.75, 3.05) is 20.8 Å². The molecule has 1 heterocycles. The Morgan fingerprint density at radius 2 is 1.82 bits per heavy atom. The lowest BCUT2D eigenvalue weighted by Gasteiger charge is -2.05. The van der Waals surface area contributed by atoms with Gasteiger partial charge in [-0.2, -0.15) is 0 Å². The summed E-state index contributed by atoms with van der Waals surface area (Å²) in [5.41, 5.74) is 3.15.